The number of para-hydroxylation sites is 2. The lowest BCUT2D eigenvalue weighted by atomic mass is 10.0. The van der Waals surface area contributed by atoms with Crippen LogP contribution in [0.4, 0.5) is 14.9 Å². The molecule has 1 unspecified atom stereocenters. The van der Waals surface area contributed by atoms with Gasteiger partial charge in [-0.1, -0.05) is 55.5 Å². The van der Waals surface area contributed by atoms with E-state index in [0.717, 1.165) is 45.3 Å². The number of aromatic nitrogens is 3. The van der Waals surface area contributed by atoms with E-state index in [0.29, 0.717) is 13.0 Å². The van der Waals surface area contributed by atoms with Crippen molar-refractivity contribution in [3.63, 3.8) is 0 Å². The van der Waals surface area contributed by atoms with Gasteiger partial charge in [-0.3, -0.25) is 0 Å². The van der Waals surface area contributed by atoms with E-state index in [1.165, 1.54) is 12.1 Å². The molecular formula is C31H28FN5O. The van der Waals surface area contributed by atoms with Gasteiger partial charge in [0.1, 0.15) is 11.6 Å². The molecule has 0 radical (unpaired) electrons. The minimum Gasteiger partial charge on any atom is -0.308 e. The third kappa shape index (κ3) is 4.06. The van der Waals surface area contributed by atoms with Crippen LogP contribution in [0.2, 0.25) is 0 Å². The summed E-state index contributed by atoms with van der Waals surface area (Å²) in [7, 11) is 0. The highest BCUT2D eigenvalue weighted by Crippen LogP contribution is 2.39. The number of nitrogens with zero attached hydrogens (tertiary/aromatic N) is 4. The number of rotatable bonds is 4. The van der Waals surface area contributed by atoms with Crippen molar-refractivity contribution >= 4 is 11.7 Å². The number of fused-ring (bicyclic) bond motifs is 3. The second kappa shape index (κ2) is 9.67. The third-order valence-electron chi connectivity index (χ3n) is 7.14. The maximum absolute atomic E-state index is 14.0. The Morgan fingerprint density at radius 1 is 0.974 bits per heavy atom. The summed E-state index contributed by atoms with van der Waals surface area (Å²) in [5.41, 5.74) is 6.31. The number of nitrogens with one attached hydrogen (secondary N) is 1. The molecular weight excluding hydrogens is 477 g/mol. The van der Waals surface area contributed by atoms with E-state index in [1.807, 2.05) is 89.4 Å². The SMILES string of the molecule is CCc1nn(-c2ccccc2)c2c1CN(C(=O)Nc1ccccc1C)C(c1ccc(F)cc1)c1cccn1-2. The van der Waals surface area contributed by atoms with Crippen LogP contribution in [-0.4, -0.2) is 25.3 Å². The van der Waals surface area contributed by atoms with E-state index >= 15 is 0 Å². The van der Waals surface area contributed by atoms with Crippen molar-refractivity contribution in [3.05, 3.63) is 131 Å². The largest absolute Gasteiger partial charge is 0.322 e. The molecule has 3 aromatic carbocycles. The molecule has 38 heavy (non-hydrogen) atoms. The van der Waals surface area contributed by atoms with Crippen LogP contribution >= 0.6 is 0 Å². The summed E-state index contributed by atoms with van der Waals surface area (Å²) in [6.07, 6.45) is 2.72. The molecule has 1 aliphatic rings. The predicted octanol–water partition coefficient (Wildman–Crippen LogP) is 6.81. The van der Waals surface area contributed by atoms with E-state index in [1.54, 1.807) is 12.1 Å². The minimum absolute atomic E-state index is 0.233. The first kappa shape index (κ1) is 23.7. The number of hydrogen-bond donors (Lipinski definition) is 1. The first-order chi connectivity index (χ1) is 18.5. The molecule has 6 rings (SSSR count). The Labute approximate surface area is 221 Å². The Bertz CT molecular complexity index is 1600. The monoisotopic (exact) mass is 505 g/mol. The topological polar surface area (TPSA) is 55.1 Å². The van der Waals surface area contributed by atoms with Crippen molar-refractivity contribution in [1.29, 1.82) is 0 Å². The number of amides is 2. The molecule has 190 valence electrons. The van der Waals surface area contributed by atoms with Gasteiger partial charge in [-0.05, 0) is 66.9 Å². The standard InChI is InChI=1S/C31H28FN5O/c1-3-26-25-20-36(31(38)33-27-13-8-7-10-21(27)2)29(22-15-17-23(32)18-16-22)28-14-9-19-35(28)30(25)37(34-26)24-11-5-4-6-12-24/h4-19,29H,3,20H2,1-2H3,(H,33,38). The molecule has 3 heterocycles. The zero-order valence-electron chi connectivity index (χ0n) is 21.3. The molecule has 5 aromatic rings. The first-order valence-electron chi connectivity index (χ1n) is 12.8. The van der Waals surface area contributed by atoms with Crippen LogP contribution in [0.15, 0.2) is 97.2 Å². The number of urea groups is 1. The fourth-order valence-corrected chi connectivity index (χ4v) is 5.24. The molecule has 1 aliphatic heterocycles. The second-order valence-electron chi connectivity index (χ2n) is 9.48. The van der Waals surface area contributed by atoms with Crippen molar-refractivity contribution < 1.29 is 9.18 Å². The van der Waals surface area contributed by atoms with Gasteiger partial charge in [0.05, 0.1) is 29.7 Å². The van der Waals surface area contributed by atoms with Gasteiger partial charge in [-0.25, -0.2) is 13.9 Å². The minimum atomic E-state index is -0.448. The van der Waals surface area contributed by atoms with E-state index in [2.05, 4.69) is 16.8 Å². The highest BCUT2D eigenvalue weighted by Gasteiger charge is 2.36. The fraction of sp³-hybridized carbons (Fsp3) is 0.161. The quantitative estimate of drug-likeness (QED) is 0.292. The lowest BCUT2D eigenvalue weighted by molar-refractivity contribution is 0.194. The van der Waals surface area contributed by atoms with E-state index in [9.17, 15) is 9.18 Å². The number of halogens is 1. The van der Waals surface area contributed by atoms with Crippen LogP contribution in [0.5, 0.6) is 0 Å². The van der Waals surface area contributed by atoms with E-state index in [-0.39, 0.29) is 11.8 Å². The molecule has 0 spiro atoms. The number of hydrogen-bond acceptors (Lipinski definition) is 2. The maximum Gasteiger partial charge on any atom is 0.322 e. The lowest BCUT2D eigenvalue weighted by Crippen LogP contribution is -2.38. The molecule has 0 aliphatic carbocycles. The van der Waals surface area contributed by atoms with Crippen molar-refractivity contribution in [1.82, 2.24) is 19.2 Å². The summed E-state index contributed by atoms with van der Waals surface area (Å²) in [6.45, 7) is 4.39. The number of anilines is 1. The molecule has 7 heteroatoms. The zero-order valence-corrected chi connectivity index (χ0v) is 21.3. The van der Waals surface area contributed by atoms with Crippen molar-refractivity contribution in [3.8, 4) is 11.5 Å². The van der Waals surface area contributed by atoms with E-state index < -0.39 is 6.04 Å². The van der Waals surface area contributed by atoms with Crippen LogP contribution in [0, 0.1) is 12.7 Å². The Kier molecular flexibility index (Phi) is 6.04. The van der Waals surface area contributed by atoms with Crippen molar-refractivity contribution in [2.24, 2.45) is 0 Å². The third-order valence-corrected chi connectivity index (χ3v) is 7.14. The molecule has 2 aromatic heterocycles. The first-order valence-corrected chi connectivity index (χ1v) is 12.8. The van der Waals surface area contributed by atoms with Gasteiger partial charge >= 0.3 is 6.03 Å². The van der Waals surface area contributed by atoms with Crippen LogP contribution < -0.4 is 5.32 Å². The van der Waals surface area contributed by atoms with Gasteiger partial charge < -0.3 is 14.8 Å². The summed E-state index contributed by atoms with van der Waals surface area (Å²) in [5, 5.41) is 8.11. The molecule has 0 saturated heterocycles. The predicted molar refractivity (Wildman–Crippen MR) is 146 cm³/mol. The Hall–Kier alpha value is -4.65. The summed E-state index contributed by atoms with van der Waals surface area (Å²) in [5.74, 6) is 0.594. The van der Waals surface area contributed by atoms with E-state index in [4.69, 9.17) is 5.10 Å². The Balaban J connectivity index is 1.56. The second-order valence-corrected chi connectivity index (χ2v) is 9.48. The van der Waals surface area contributed by atoms with Crippen LogP contribution in [0.3, 0.4) is 0 Å². The highest BCUT2D eigenvalue weighted by atomic mass is 19.1. The van der Waals surface area contributed by atoms with Crippen molar-refractivity contribution in [2.75, 3.05) is 5.32 Å². The number of carbonyl (C=O) groups is 1. The maximum atomic E-state index is 14.0. The van der Waals surface area contributed by atoms with Gasteiger partial charge in [-0.15, -0.1) is 0 Å². The van der Waals surface area contributed by atoms with Gasteiger partial charge in [0, 0.05) is 17.4 Å². The number of aryl methyl sites for hydroxylation is 2. The average molecular weight is 506 g/mol. The smallest absolute Gasteiger partial charge is 0.308 e. The zero-order chi connectivity index (χ0) is 26.2. The van der Waals surface area contributed by atoms with Gasteiger partial charge in [-0.2, -0.15) is 5.10 Å². The summed E-state index contributed by atoms with van der Waals surface area (Å²) >= 11 is 0. The fourth-order valence-electron chi connectivity index (χ4n) is 5.24. The Morgan fingerprint density at radius 2 is 1.71 bits per heavy atom. The molecule has 6 nitrogen and oxygen atoms in total. The normalized spacial score (nSPS) is 14.5. The molecule has 1 atom stereocenters. The highest BCUT2D eigenvalue weighted by molar-refractivity contribution is 5.91. The molecule has 1 N–H and O–H groups in total. The number of benzene rings is 3. The van der Waals surface area contributed by atoms with Crippen LogP contribution in [0.25, 0.3) is 11.5 Å². The number of carbonyl (C=O) groups excluding carboxylic acids is 1. The summed E-state index contributed by atoms with van der Waals surface area (Å²) < 4.78 is 18.0. The molecule has 2 amide bonds. The van der Waals surface area contributed by atoms with Crippen LogP contribution in [0.1, 0.15) is 41.0 Å². The lowest BCUT2D eigenvalue weighted by Gasteiger charge is -2.31. The molecule has 0 saturated carbocycles. The van der Waals surface area contributed by atoms with Crippen molar-refractivity contribution in [2.45, 2.75) is 32.9 Å². The summed E-state index contributed by atoms with van der Waals surface area (Å²) in [6, 6.07) is 27.5. The van der Waals surface area contributed by atoms with Gasteiger partial charge in [0.15, 0.2) is 0 Å². The van der Waals surface area contributed by atoms with Gasteiger partial charge in [0.25, 0.3) is 0 Å². The Morgan fingerprint density at radius 3 is 2.45 bits per heavy atom. The van der Waals surface area contributed by atoms with Crippen LogP contribution in [-0.2, 0) is 13.0 Å². The average Bonchev–Trinajstić information content (AvgIpc) is 3.52. The molecule has 0 bridgehead atoms. The summed E-state index contributed by atoms with van der Waals surface area (Å²) in [4.78, 5) is 15.9. The molecule has 0 fully saturated rings. The van der Waals surface area contributed by atoms with Gasteiger partial charge in [0.2, 0.25) is 0 Å².